The van der Waals surface area contributed by atoms with Gasteiger partial charge in [0.2, 0.25) is 0 Å². The fourth-order valence-corrected chi connectivity index (χ4v) is 2.59. The molecule has 3 aromatic rings. The number of nitrogens with zero attached hydrogens (tertiary/aromatic N) is 1. The number of rotatable bonds is 3. The Bertz CT molecular complexity index is 896. The van der Waals surface area contributed by atoms with E-state index >= 15 is 0 Å². The van der Waals surface area contributed by atoms with E-state index in [0.717, 1.165) is 22.5 Å². The van der Waals surface area contributed by atoms with Crippen LogP contribution in [0.1, 0.15) is 5.56 Å². The fourth-order valence-electron chi connectivity index (χ4n) is 2.59. The van der Waals surface area contributed by atoms with E-state index in [1.54, 1.807) is 6.20 Å². The number of aromatic amines is 1. The number of benzene rings is 2. The van der Waals surface area contributed by atoms with Crippen molar-refractivity contribution in [1.82, 2.24) is 10.2 Å². The van der Waals surface area contributed by atoms with E-state index in [1.807, 2.05) is 60.7 Å². The average molecular weight is 302 g/mol. The first-order chi connectivity index (χ1) is 11.3. The molecule has 2 aromatic carbocycles. The number of para-hydroxylation sites is 1. The van der Waals surface area contributed by atoms with Crippen molar-refractivity contribution in [2.75, 3.05) is 10.6 Å². The van der Waals surface area contributed by atoms with E-state index in [2.05, 4.69) is 20.8 Å². The van der Waals surface area contributed by atoms with Crippen LogP contribution in [0, 0.1) is 0 Å². The van der Waals surface area contributed by atoms with Gasteiger partial charge in [0, 0.05) is 23.5 Å². The molecule has 0 bridgehead atoms. The van der Waals surface area contributed by atoms with Gasteiger partial charge >= 0.3 is 0 Å². The molecular formula is C18H14N4O. The van der Waals surface area contributed by atoms with Crippen molar-refractivity contribution in [1.29, 1.82) is 0 Å². The third-order valence-corrected chi connectivity index (χ3v) is 3.74. The van der Waals surface area contributed by atoms with Crippen LogP contribution < -0.4 is 10.6 Å². The fraction of sp³-hybridized carbons (Fsp3) is 0. The number of amides is 1. The predicted octanol–water partition coefficient (Wildman–Crippen LogP) is 3.48. The lowest BCUT2D eigenvalue weighted by Gasteiger charge is -1.98. The minimum absolute atomic E-state index is 0.113. The smallest absolute Gasteiger partial charge is 0.257 e. The van der Waals surface area contributed by atoms with Gasteiger partial charge < -0.3 is 10.6 Å². The monoisotopic (exact) mass is 302 g/mol. The summed E-state index contributed by atoms with van der Waals surface area (Å²) in [6.45, 7) is 0. The number of nitrogens with one attached hydrogen (secondary N) is 3. The number of hydrogen-bond acceptors (Lipinski definition) is 3. The molecule has 0 saturated heterocycles. The molecule has 0 atom stereocenters. The lowest BCUT2D eigenvalue weighted by molar-refractivity contribution is -0.110. The summed E-state index contributed by atoms with van der Waals surface area (Å²) < 4.78 is 0. The topological polar surface area (TPSA) is 69.8 Å². The first-order valence-corrected chi connectivity index (χ1v) is 7.29. The largest absolute Gasteiger partial charge is 0.344 e. The van der Waals surface area contributed by atoms with Crippen LogP contribution in [0.4, 0.5) is 11.5 Å². The Balaban J connectivity index is 1.58. The van der Waals surface area contributed by atoms with Crippen LogP contribution in [0.5, 0.6) is 0 Å². The van der Waals surface area contributed by atoms with Crippen LogP contribution in [0.3, 0.4) is 0 Å². The van der Waals surface area contributed by atoms with E-state index in [1.165, 1.54) is 0 Å². The van der Waals surface area contributed by atoms with Gasteiger partial charge in [-0.3, -0.25) is 9.89 Å². The molecule has 112 valence electrons. The Hall–Kier alpha value is -3.34. The first kappa shape index (κ1) is 13.3. The quantitative estimate of drug-likeness (QED) is 0.649. The molecule has 0 fully saturated rings. The summed E-state index contributed by atoms with van der Waals surface area (Å²) in [5.74, 6) is 0.547. The maximum atomic E-state index is 12.0. The van der Waals surface area contributed by atoms with Gasteiger partial charge in [-0.2, -0.15) is 5.10 Å². The minimum Gasteiger partial charge on any atom is -0.344 e. The van der Waals surface area contributed by atoms with Gasteiger partial charge in [-0.1, -0.05) is 48.5 Å². The summed E-state index contributed by atoms with van der Waals surface area (Å²) >= 11 is 0. The second-order valence-corrected chi connectivity index (χ2v) is 5.23. The molecule has 5 heteroatoms. The normalized spacial score (nSPS) is 14.6. The zero-order valence-corrected chi connectivity index (χ0v) is 12.2. The van der Waals surface area contributed by atoms with Gasteiger partial charge in [0.05, 0.1) is 11.3 Å². The van der Waals surface area contributed by atoms with Gasteiger partial charge in [-0.15, -0.1) is 0 Å². The molecule has 5 nitrogen and oxygen atoms in total. The second-order valence-electron chi connectivity index (χ2n) is 5.23. The highest BCUT2D eigenvalue weighted by Gasteiger charge is 2.23. The van der Waals surface area contributed by atoms with Crippen molar-refractivity contribution in [3.8, 4) is 11.3 Å². The van der Waals surface area contributed by atoms with Crippen molar-refractivity contribution in [3.05, 3.63) is 72.4 Å². The van der Waals surface area contributed by atoms with Gasteiger partial charge in [0.1, 0.15) is 0 Å². The molecule has 3 N–H and O–H groups in total. The molecule has 0 unspecified atom stereocenters. The van der Waals surface area contributed by atoms with Gasteiger partial charge in [0.25, 0.3) is 5.91 Å². The Labute approximate surface area is 133 Å². The molecule has 0 saturated carbocycles. The van der Waals surface area contributed by atoms with Crippen molar-refractivity contribution in [3.63, 3.8) is 0 Å². The summed E-state index contributed by atoms with van der Waals surface area (Å²) in [5.41, 5.74) is 4.30. The number of H-pyrrole nitrogens is 1. The Kier molecular flexibility index (Phi) is 3.16. The van der Waals surface area contributed by atoms with Crippen molar-refractivity contribution in [2.24, 2.45) is 0 Å². The van der Waals surface area contributed by atoms with Gasteiger partial charge in [-0.05, 0) is 11.6 Å². The third kappa shape index (κ3) is 2.48. The Morgan fingerprint density at radius 3 is 2.65 bits per heavy atom. The van der Waals surface area contributed by atoms with Crippen LogP contribution in [-0.2, 0) is 4.79 Å². The van der Waals surface area contributed by atoms with Crippen LogP contribution in [-0.4, -0.2) is 16.1 Å². The highest BCUT2D eigenvalue weighted by molar-refractivity contribution is 6.31. The van der Waals surface area contributed by atoms with Crippen molar-refractivity contribution in [2.45, 2.75) is 0 Å². The summed E-state index contributed by atoms with van der Waals surface area (Å²) in [5, 5.41) is 13.1. The second kappa shape index (κ2) is 5.46. The maximum Gasteiger partial charge on any atom is 0.257 e. The lowest BCUT2D eigenvalue weighted by atomic mass is 10.1. The standard InChI is InChI=1S/C18H14N4O/c23-18-14(13-8-4-5-9-15(13)20-18)11-19-17-10-16(21-22-17)12-6-2-1-3-7-12/h1-11H,(H,20,23)(H2,19,21,22). The maximum absolute atomic E-state index is 12.0. The Morgan fingerprint density at radius 2 is 1.78 bits per heavy atom. The van der Waals surface area contributed by atoms with Crippen LogP contribution >= 0.6 is 0 Å². The van der Waals surface area contributed by atoms with Gasteiger partial charge in [-0.25, -0.2) is 0 Å². The number of carbonyl (C=O) groups is 1. The summed E-state index contributed by atoms with van der Waals surface area (Å²) in [7, 11) is 0. The van der Waals surface area contributed by atoms with Crippen molar-refractivity contribution >= 4 is 23.0 Å². The summed E-state index contributed by atoms with van der Waals surface area (Å²) in [4.78, 5) is 12.0. The summed E-state index contributed by atoms with van der Waals surface area (Å²) in [6.07, 6.45) is 1.69. The SMILES string of the molecule is O=C1Nc2ccccc2C1=CNc1cc(-c2ccccc2)[nH]n1. The molecule has 4 rings (SSSR count). The molecule has 23 heavy (non-hydrogen) atoms. The number of aromatic nitrogens is 2. The molecule has 1 aliphatic heterocycles. The Morgan fingerprint density at radius 1 is 1.00 bits per heavy atom. The zero-order valence-electron chi connectivity index (χ0n) is 12.2. The molecule has 1 aliphatic rings. The molecule has 1 aromatic heterocycles. The molecule has 0 aliphatic carbocycles. The van der Waals surface area contributed by atoms with E-state index in [0.29, 0.717) is 11.4 Å². The van der Waals surface area contributed by atoms with Crippen LogP contribution in [0.25, 0.3) is 16.8 Å². The molecule has 0 spiro atoms. The first-order valence-electron chi connectivity index (χ1n) is 7.29. The lowest BCUT2D eigenvalue weighted by Crippen LogP contribution is -2.05. The molecule has 0 radical (unpaired) electrons. The number of carbonyl (C=O) groups excluding carboxylic acids is 1. The average Bonchev–Trinajstić information content (AvgIpc) is 3.18. The summed E-state index contributed by atoms with van der Waals surface area (Å²) in [6, 6.07) is 19.5. The highest BCUT2D eigenvalue weighted by Crippen LogP contribution is 2.31. The van der Waals surface area contributed by atoms with Crippen LogP contribution in [0.15, 0.2) is 66.9 Å². The highest BCUT2D eigenvalue weighted by atomic mass is 16.2. The minimum atomic E-state index is -0.113. The molecular weight excluding hydrogens is 288 g/mol. The predicted molar refractivity (Wildman–Crippen MR) is 90.7 cm³/mol. The van der Waals surface area contributed by atoms with Gasteiger partial charge in [0.15, 0.2) is 5.82 Å². The number of anilines is 2. The van der Waals surface area contributed by atoms with E-state index in [4.69, 9.17) is 0 Å². The van der Waals surface area contributed by atoms with Crippen molar-refractivity contribution < 1.29 is 4.79 Å². The number of hydrogen-bond donors (Lipinski definition) is 3. The molecule has 2 heterocycles. The zero-order chi connectivity index (χ0) is 15.6. The van der Waals surface area contributed by atoms with E-state index in [9.17, 15) is 4.79 Å². The third-order valence-electron chi connectivity index (χ3n) is 3.74. The number of fused-ring (bicyclic) bond motifs is 1. The van der Waals surface area contributed by atoms with E-state index < -0.39 is 0 Å². The molecule has 1 amide bonds. The van der Waals surface area contributed by atoms with Crippen LogP contribution in [0.2, 0.25) is 0 Å². The van der Waals surface area contributed by atoms with E-state index in [-0.39, 0.29) is 5.91 Å².